The van der Waals surface area contributed by atoms with Crippen molar-refractivity contribution in [3.8, 4) is 0 Å². The summed E-state index contributed by atoms with van der Waals surface area (Å²) in [5.74, 6) is -4.27. The lowest BCUT2D eigenvalue weighted by Crippen LogP contribution is -2.40. The predicted octanol–water partition coefficient (Wildman–Crippen LogP) is -2.02. The van der Waals surface area contributed by atoms with Crippen LogP contribution in [-0.2, 0) is 44.9 Å². The first kappa shape index (κ1) is 27.2. The molecule has 0 saturated carbocycles. The summed E-state index contributed by atoms with van der Waals surface area (Å²) in [7, 11) is 3.06. The van der Waals surface area contributed by atoms with Crippen LogP contribution < -0.4 is 0 Å². The van der Waals surface area contributed by atoms with Crippen molar-refractivity contribution in [1.82, 2.24) is 0 Å². The van der Waals surface area contributed by atoms with Crippen LogP contribution in [0.4, 0.5) is 13.2 Å². The van der Waals surface area contributed by atoms with Gasteiger partial charge in [0.25, 0.3) is 10.1 Å². The summed E-state index contributed by atoms with van der Waals surface area (Å²) >= 11 is 0. The van der Waals surface area contributed by atoms with Crippen LogP contribution in [-0.4, -0.2) is 81.4 Å². The molecule has 0 amide bonds. The van der Waals surface area contributed by atoms with Crippen LogP contribution in [0.5, 0.6) is 0 Å². The molecule has 0 aliphatic rings. The molecule has 168 valence electrons. The number of carbonyl (C=O) groups is 2. The Hall–Kier alpha value is -1.88. The van der Waals surface area contributed by atoms with Crippen molar-refractivity contribution in [2.24, 2.45) is 0 Å². The number of halogens is 3. The molecule has 0 bridgehead atoms. The Labute approximate surface area is 182 Å². The Balaban J connectivity index is 3.86. The topological polar surface area (TPSA) is 107 Å². The van der Waals surface area contributed by atoms with Gasteiger partial charge in [0.1, 0.15) is 37.1 Å². The molecule has 1 aromatic carbocycles. The third-order valence-corrected chi connectivity index (χ3v) is 5.65. The van der Waals surface area contributed by atoms with E-state index in [-0.39, 0.29) is 17.4 Å². The van der Waals surface area contributed by atoms with Gasteiger partial charge in [0.2, 0.25) is 6.10 Å². The summed E-state index contributed by atoms with van der Waals surface area (Å²) in [6, 6.07) is 0. The minimum absolute atomic E-state index is 0.186. The number of ether oxygens (including phenoxy) is 2. The molecule has 7 nitrogen and oxygen atoms in total. The minimum atomic E-state index is -5.26. The predicted molar refractivity (Wildman–Crippen MR) is 118 cm³/mol. The van der Waals surface area contributed by atoms with E-state index in [1.54, 1.807) is 15.7 Å². The molecule has 0 aliphatic carbocycles. The molecule has 0 aliphatic heterocycles. The molecule has 0 saturated heterocycles. The maximum atomic E-state index is 13.3. The molecule has 0 aromatic heterocycles. The first-order valence-electron chi connectivity index (χ1n) is 9.77. The Morgan fingerprint density at radius 2 is 1.29 bits per heavy atom. The molecule has 1 rings (SSSR count). The van der Waals surface area contributed by atoms with E-state index in [1.807, 2.05) is 15.7 Å². The number of benzene rings is 1. The highest BCUT2D eigenvalue weighted by Crippen LogP contribution is 2.32. The second-order valence-corrected chi connectivity index (χ2v) is 8.25. The number of alkyl halides is 3. The number of methoxy groups -OCH3 is 1. The second kappa shape index (κ2) is 10.6. The van der Waals surface area contributed by atoms with Gasteiger partial charge in [-0.15, -0.1) is 0 Å². The van der Waals surface area contributed by atoms with Gasteiger partial charge in [-0.1, -0.05) is 25.3 Å². The summed E-state index contributed by atoms with van der Waals surface area (Å²) < 4.78 is 80.1. The van der Waals surface area contributed by atoms with Gasteiger partial charge in [-0.05, 0) is 22.3 Å². The van der Waals surface area contributed by atoms with Crippen molar-refractivity contribution in [1.29, 1.82) is 0 Å². The van der Waals surface area contributed by atoms with E-state index >= 15 is 0 Å². The standard InChI is InChI=1S/C16H23B4F3O7S/c1-29-14(24)12-9(4-19)7(2-17)8(3-18)10(5-20)13(12)15(25)30-11(16(21,22)23)6-31(26,27)28/h11H,2-6,17-20H2,1H3,(H,26,27,28). The molecule has 0 heterocycles. The fourth-order valence-electron chi connectivity index (χ4n) is 3.73. The highest BCUT2D eigenvalue weighted by Gasteiger charge is 2.46. The van der Waals surface area contributed by atoms with Gasteiger partial charge in [0.15, 0.2) is 0 Å². The normalized spacial score (nSPS) is 12.9. The van der Waals surface area contributed by atoms with E-state index < -0.39 is 40.1 Å². The van der Waals surface area contributed by atoms with Gasteiger partial charge in [-0.3, -0.25) is 4.55 Å². The van der Waals surface area contributed by atoms with Crippen molar-refractivity contribution in [3.63, 3.8) is 0 Å². The number of hydrogen-bond acceptors (Lipinski definition) is 6. The van der Waals surface area contributed by atoms with Crippen LogP contribution in [0.15, 0.2) is 0 Å². The fourth-order valence-corrected chi connectivity index (χ4v) is 4.37. The zero-order chi connectivity index (χ0) is 24.1. The van der Waals surface area contributed by atoms with Crippen molar-refractivity contribution in [3.05, 3.63) is 33.4 Å². The minimum Gasteiger partial charge on any atom is -0.465 e. The van der Waals surface area contributed by atoms with Gasteiger partial charge >= 0.3 is 18.1 Å². The van der Waals surface area contributed by atoms with Crippen LogP contribution in [0.3, 0.4) is 0 Å². The highest BCUT2D eigenvalue weighted by molar-refractivity contribution is 7.85. The van der Waals surface area contributed by atoms with E-state index in [4.69, 9.17) is 9.29 Å². The zero-order valence-corrected chi connectivity index (χ0v) is 18.9. The molecule has 31 heavy (non-hydrogen) atoms. The second-order valence-electron chi connectivity index (χ2n) is 6.75. The van der Waals surface area contributed by atoms with Crippen LogP contribution in [0.1, 0.15) is 43.0 Å². The average molecular weight is 460 g/mol. The lowest BCUT2D eigenvalue weighted by molar-refractivity contribution is -0.197. The van der Waals surface area contributed by atoms with E-state index in [9.17, 15) is 31.2 Å². The van der Waals surface area contributed by atoms with Crippen molar-refractivity contribution in [2.75, 3.05) is 12.9 Å². The lowest BCUT2D eigenvalue weighted by atomic mass is 9.72. The number of hydrogen-bond donors (Lipinski definition) is 1. The van der Waals surface area contributed by atoms with Gasteiger partial charge in [0, 0.05) is 0 Å². The van der Waals surface area contributed by atoms with E-state index in [0.717, 1.165) is 18.2 Å². The molecule has 1 aromatic rings. The van der Waals surface area contributed by atoms with Crippen molar-refractivity contribution < 1.29 is 45.2 Å². The van der Waals surface area contributed by atoms with E-state index in [1.165, 1.54) is 0 Å². The number of esters is 2. The van der Waals surface area contributed by atoms with Gasteiger partial charge in [-0.2, -0.15) is 21.6 Å². The molecular formula is C16H23B4F3O7S. The van der Waals surface area contributed by atoms with Crippen LogP contribution >= 0.6 is 0 Å². The largest absolute Gasteiger partial charge is 0.465 e. The third kappa shape index (κ3) is 6.31. The first-order valence-corrected chi connectivity index (χ1v) is 11.4. The SMILES string of the molecule is BCc1c(CB)c(CB)c(C(=O)OC(CS(=O)(=O)O)C(F)(F)F)c(C(=O)OC)c1CB. The van der Waals surface area contributed by atoms with Crippen LogP contribution in [0, 0.1) is 0 Å². The summed E-state index contributed by atoms with van der Waals surface area (Å²) in [6.07, 6.45) is -6.87. The molecule has 0 fully saturated rings. The van der Waals surface area contributed by atoms with E-state index in [0.29, 0.717) is 30.1 Å². The molecule has 1 unspecified atom stereocenters. The number of carbonyl (C=O) groups excluding carboxylic acids is 2. The summed E-state index contributed by atoms with van der Waals surface area (Å²) in [4.78, 5) is 25.5. The first-order chi connectivity index (χ1) is 14.3. The zero-order valence-electron chi connectivity index (χ0n) is 18.1. The highest BCUT2D eigenvalue weighted by atomic mass is 32.2. The maximum Gasteiger partial charge on any atom is 0.426 e. The molecule has 1 N–H and O–H groups in total. The van der Waals surface area contributed by atoms with Gasteiger partial charge < -0.3 is 9.47 Å². The summed E-state index contributed by atoms with van der Waals surface area (Å²) in [5, 5.41) is 0. The molecule has 0 spiro atoms. The Morgan fingerprint density at radius 3 is 1.58 bits per heavy atom. The lowest BCUT2D eigenvalue weighted by Gasteiger charge is -2.25. The Bertz CT molecular complexity index is 952. The fraction of sp³-hybridized carbons (Fsp3) is 0.500. The third-order valence-electron chi connectivity index (χ3n) is 4.93. The Morgan fingerprint density at radius 1 is 0.903 bits per heavy atom. The van der Waals surface area contributed by atoms with Crippen molar-refractivity contribution in [2.45, 2.75) is 37.6 Å². The monoisotopic (exact) mass is 460 g/mol. The van der Waals surface area contributed by atoms with E-state index in [2.05, 4.69) is 4.74 Å². The quantitative estimate of drug-likeness (QED) is 0.258. The van der Waals surface area contributed by atoms with Crippen LogP contribution in [0.25, 0.3) is 0 Å². The number of rotatable bonds is 9. The van der Waals surface area contributed by atoms with Crippen LogP contribution in [0.2, 0.25) is 0 Å². The summed E-state index contributed by atoms with van der Waals surface area (Å²) in [6.45, 7) is 0. The Kier molecular flexibility index (Phi) is 9.31. The van der Waals surface area contributed by atoms with Crippen molar-refractivity contribution >= 4 is 53.4 Å². The molecule has 1 atom stereocenters. The maximum absolute atomic E-state index is 13.3. The smallest absolute Gasteiger partial charge is 0.426 e. The molecule has 15 heteroatoms. The molecule has 0 radical (unpaired) electrons. The average Bonchev–Trinajstić information content (AvgIpc) is 2.68. The van der Waals surface area contributed by atoms with Gasteiger partial charge in [-0.25, -0.2) is 9.59 Å². The van der Waals surface area contributed by atoms with Gasteiger partial charge in [0.05, 0.1) is 18.2 Å². The molecular weight excluding hydrogens is 436 g/mol. The summed E-state index contributed by atoms with van der Waals surface area (Å²) in [5.41, 5.74) is 1.78.